The molecule has 0 aliphatic rings. The molecule has 0 spiro atoms. The fourth-order valence-corrected chi connectivity index (χ4v) is 1.71. The van der Waals surface area contributed by atoms with Crippen molar-refractivity contribution in [2.75, 3.05) is 5.73 Å². The third-order valence-electron chi connectivity index (χ3n) is 2.68. The van der Waals surface area contributed by atoms with E-state index in [4.69, 9.17) is 10.8 Å². The van der Waals surface area contributed by atoms with Crippen molar-refractivity contribution in [1.82, 2.24) is 10.3 Å². The molecule has 0 aliphatic heterocycles. The van der Waals surface area contributed by atoms with Crippen LogP contribution < -0.4 is 11.1 Å². The molecule has 1 aromatic heterocycles. The van der Waals surface area contributed by atoms with Gasteiger partial charge in [-0.25, -0.2) is 4.98 Å². The lowest BCUT2D eigenvalue weighted by Crippen LogP contribution is -2.24. The van der Waals surface area contributed by atoms with Gasteiger partial charge in [0.05, 0.1) is 12.3 Å². The maximum atomic E-state index is 11.9. The number of carbonyl (C=O) groups excluding carboxylic acids is 1. The molecule has 0 bridgehead atoms. The number of nitrogen functional groups attached to an aromatic ring is 1. The Balaban J connectivity index is 2.02. The van der Waals surface area contributed by atoms with Crippen molar-refractivity contribution in [3.05, 3.63) is 59.4 Å². The molecular weight excluding hydrogens is 242 g/mol. The first kappa shape index (κ1) is 13.0. The zero-order valence-corrected chi connectivity index (χ0v) is 10.3. The number of hydrogen-bond acceptors (Lipinski definition) is 4. The fraction of sp³-hybridized carbons (Fsp3) is 0.143. The summed E-state index contributed by atoms with van der Waals surface area (Å²) >= 11 is 0. The average Bonchev–Trinajstić information content (AvgIpc) is 2.45. The number of anilines is 1. The lowest BCUT2D eigenvalue weighted by Gasteiger charge is -2.07. The standard InChI is InChI=1S/C14H15N3O2/c15-12-5-2-6-16-13(12)14(19)17-8-10-3-1-4-11(7-10)9-18/h1-7,18H,8-9,15H2,(H,17,19). The van der Waals surface area contributed by atoms with Gasteiger partial charge in [-0.15, -0.1) is 0 Å². The molecule has 19 heavy (non-hydrogen) atoms. The van der Waals surface area contributed by atoms with Gasteiger partial charge in [-0.2, -0.15) is 0 Å². The van der Waals surface area contributed by atoms with Crippen LogP contribution in [0.5, 0.6) is 0 Å². The molecule has 2 aromatic rings. The molecule has 0 fully saturated rings. The van der Waals surface area contributed by atoms with Crippen LogP contribution in [0.2, 0.25) is 0 Å². The van der Waals surface area contributed by atoms with Gasteiger partial charge < -0.3 is 16.2 Å². The Bertz CT molecular complexity index is 584. The molecule has 0 saturated carbocycles. The molecule has 1 heterocycles. The van der Waals surface area contributed by atoms with Crippen LogP contribution in [0.4, 0.5) is 5.69 Å². The number of nitrogens with zero attached hydrogens (tertiary/aromatic N) is 1. The number of nitrogens with two attached hydrogens (primary N) is 1. The minimum atomic E-state index is -0.312. The molecule has 1 amide bonds. The maximum absolute atomic E-state index is 11.9. The van der Waals surface area contributed by atoms with Crippen LogP contribution in [-0.4, -0.2) is 16.0 Å². The van der Waals surface area contributed by atoms with Crippen LogP contribution in [0, 0.1) is 0 Å². The lowest BCUT2D eigenvalue weighted by molar-refractivity contribution is 0.0947. The Morgan fingerprint density at radius 1 is 1.26 bits per heavy atom. The number of aliphatic hydroxyl groups excluding tert-OH is 1. The van der Waals surface area contributed by atoms with Crippen LogP contribution in [-0.2, 0) is 13.2 Å². The Hall–Kier alpha value is -2.40. The number of hydrogen-bond donors (Lipinski definition) is 3. The Morgan fingerprint density at radius 2 is 2.05 bits per heavy atom. The number of benzene rings is 1. The van der Waals surface area contributed by atoms with Crippen LogP contribution in [0.25, 0.3) is 0 Å². The molecule has 98 valence electrons. The highest BCUT2D eigenvalue weighted by Gasteiger charge is 2.09. The second kappa shape index (κ2) is 5.97. The number of rotatable bonds is 4. The summed E-state index contributed by atoms with van der Waals surface area (Å²) in [6.45, 7) is 0.345. The van der Waals surface area contributed by atoms with Gasteiger partial charge in [0.1, 0.15) is 0 Å². The molecule has 5 heteroatoms. The predicted octanol–water partition coefficient (Wildman–Crippen LogP) is 1.09. The zero-order chi connectivity index (χ0) is 13.7. The van der Waals surface area contributed by atoms with E-state index in [1.54, 1.807) is 12.1 Å². The van der Waals surface area contributed by atoms with Crippen molar-refractivity contribution in [2.24, 2.45) is 0 Å². The van der Waals surface area contributed by atoms with E-state index < -0.39 is 0 Å². The summed E-state index contributed by atoms with van der Waals surface area (Å²) in [4.78, 5) is 15.8. The Labute approximate surface area is 111 Å². The van der Waals surface area contributed by atoms with Gasteiger partial charge in [0.25, 0.3) is 5.91 Å². The van der Waals surface area contributed by atoms with Gasteiger partial charge in [-0.1, -0.05) is 24.3 Å². The first-order chi connectivity index (χ1) is 9.20. The van der Waals surface area contributed by atoms with Crippen molar-refractivity contribution < 1.29 is 9.90 Å². The first-order valence-corrected chi connectivity index (χ1v) is 5.88. The van der Waals surface area contributed by atoms with E-state index >= 15 is 0 Å². The van der Waals surface area contributed by atoms with Gasteiger partial charge in [0.2, 0.25) is 0 Å². The van der Waals surface area contributed by atoms with Crippen LogP contribution >= 0.6 is 0 Å². The van der Waals surface area contributed by atoms with E-state index in [0.29, 0.717) is 12.2 Å². The van der Waals surface area contributed by atoms with E-state index in [-0.39, 0.29) is 18.2 Å². The van der Waals surface area contributed by atoms with E-state index in [0.717, 1.165) is 11.1 Å². The summed E-state index contributed by atoms with van der Waals surface area (Å²) < 4.78 is 0. The molecule has 1 aromatic carbocycles. The SMILES string of the molecule is Nc1cccnc1C(=O)NCc1cccc(CO)c1. The monoisotopic (exact) mass is 257 g/mol. The number of nitrogens with one attached hydrogen (secondary N) is 1. The van der Waals surface area contributed by atoms with E-state index in [2.05, 4.69) is 10.3 Å². The van der Waals surface area contributed by atoms with Crippen molar-refractivity contribution in [3.63, 3.8) is 0 Å². The van der Waals surface area contributed by atoms with Crippen molar-refractivity contribution in [2.45, 2.75) is 13.2 Å². The number of pyridine rings is 1. The lowest BCUT2D eigenvalue weighted by atomic mass is 10.1. The van der Waals surface area contributed by atoms with Gasteiger partial charge in [-0.3, -0.25) is 4.79 Å². The minimum Gasteiger partial charge on any atom is -0.397 e. The normalized spacial score (nSPS) is 10.2. The van der Waals surface area contributed by atoms with Gasteiger partial charge >= 0.3 is 0 Å². The molecule has 0 radical (unpaired) electrons. The molecular formula is C14H15N3O2. The first-order valence-electron chi connectivity index (χ1n) is 5.88. The molecule has 4 N–H and O–H groups in total. The highest BCUT2D eigenvalue weighted by Crippen LogP contribution is 2.08. The summed E-state index contributed by atoms with van der Waals surface area (Å²) in [5.74, 6) is -0.312. The largest absolute Gasteiger partial charge is 0.397 e. The zero-order valence-electron chi connectivity index (χ0n) is 10.3. The number of aliphatic hydroxyl groups is 1. The van der Waals surface area contributed by atoms with Crippen LogP contribution in [0.3, 0.4) is 0 Å². The summed E-state index contributed by atoms with van der Waals surface area (Å²) in [5.41, 5.74) is 7.97. The third-order valence-corrected chi connectivity index (χ3v) is 2.68. The molecule has 0 unspecified atom stereocenters. The molecule has 0 aliphatic carbocycles. The second-order valence-electron chi connectivity index (χ2n) is 4.10. The Kier molecular flexibility index (Phi) is 4.10. The second-order valence-corrected chi connectivity index (χ2v) is 4.10. The highest BCUT2D eigenvalue weighted by atomic mass is 16.3. The van der Waals surface area contributed by atoms with Gasteiger partial charge in [0.15, 0.2) is 5.69 Å². The highest BCUT2D eigenvalue weighted by molar-refractivity contribution is 5.96. The van der Waals surface area contributed by atoms with Gasteiger partial charge in [0, 0.05) is 12.7 Å². The minimum absolute atomic E-state index is 0.0189. The van der Waals surface area contributed by atoms with Crippen molar-refractivity contribution >= 4 is 11.6 Å². The molecule has 0 saturated heterocycles. The smallest absolute Gasteiger partial charge is 0.272 e. The maximum Gasteiger partial charge on any atom is 0.272 e. The molecule has 2 rings (SSSR count). The summed E-state index contributed by atoms with van der Waals surface area (Å²) in [5, 5.41) is 11.8. The summed E-state index contributed by atoms with van der Waals surface area (Å²) in [6, 6.07) is 10.7. The van der Waals surface area contributed by atoms with Crippen molar-refractivity contribution in [3.8, 4) is 0 Å². The fourth-order valence-electron chi connectivity index (χ4n) is 1.71. The number of carbonyl (C=O) groups is 1. The van der Waals surface area contributed by atoms with Gasteiger partial charge in [-0.05, 0) is 23.3 Å². The number of aromatic nitrogens is 1. The molecule has 0 atom stereocenters. The number of amides is 1. The van der Waals surface area contributed by atoms with E-state index in [9.17, 15) is 4.79 Å². The summed E-state index contributed by atoms with van der Waals surface area (Å²) in [6.07, 6.45) is 1.53. The average molecular weight is 257 g/mol. The Morgan fingerprint density at radius 3 is 2.79 bits per heavy atom. The quantitative estimate of drug-likeness (QED) is 0.765. The van der Waals surface area contributed by atoms with Crippen LogP contribution in [0.15, 0.2) is 42.6 Å². The molecule has 5 nitrogen and oxygen atoms in total. The van der Waals surface area contributed by atoms with E-state index in [1.165, 1.54) is 6.20 Å². The third kappa shape index (κ3) is 3.29. The van der Waals surface area contributed by atoms with Crippen LogP contribution in [0.1, 0.15) is 21.6 Å². The van der Waals surface area contributed by atoms with Crippen molar-refractivity contribution in [1.29, 1.82) is 0 Å². The topological polar surface area (TPSA) is 88.2 Å². The van der Waals surface area contributed by atoms with E-state index in [1.807, 2.05) is 24.3 Å². The summed E-state index contributed by atoms with van der Waals surface area (Å²) in [7, 11) is 0. The predicted molar refractivity (Wildman–Crippen MR) is 72.2 cm³/mol.